The molecular weight excluding hydrogens is 453 g/mol. The molecule has 178 valence electrons. The molecule has 1 fully saturated rings. The minimum absolute atomic E-state index is 0.103. The molecule has 0 atom stereocenters. The molecule has 0 aromatic heterocycles. The Morgan fingerprint density at radius 2 is 1.64 bits per heavy atom. The van der Waals surface area contributed by atoms with Crippen LogP contribution in [0.5, 0.6) is 17.2 Å². The van der Waals surface area contributed by atoms with Crippen LogP contribution in [0.4, 0.5) is 10.1 Å². The summed E-state index contributed by atoms with van der Waals surface area (Å²) in [5.74, 6) is 0.502. The maximum atomic E-state index is 13.2. The van der Waals surface area contributed by atoms with E-state index in [9.17, 15) is 14.0 Å². The molecule has 2 aromatic rings. The summed E-state index contributed by atoms with van der Waals surface area (Å²) >= 11 is 6.01. The normalized spacial score (nSPS) is 14.0. The lowest BCUT2D eigenvalue weighted by atomic mass is 10.1. The predicted octanol–water partition coefficient (Wildman–Crippen LogP) is 3.29. The fraction of sp³-hybridized carbons (Fsp3) is 0.391. The van der Waals surface area contributed by atoms with Crippen LogP contribution in [-0.2, 0) is 4.79 Å². The molecule has 0 saturated carbocycles. The zero-order chi connectivity index (χ0) is 24.0. The first-order valence-corrected chi connectivity index (χ1v) is 10.8. The van der Waals surface area contributed by atoms with E-state index in [0.717, 1.165) is 6.07 Å². The van der Waals surface area contributed by atoms with Crippen LogP contribution >= 0.6 is 11.6 Å². The van der Waals surface area contributed by atoms with E-state index in [4.69, 9.17) is 25.8 Å². The smallest absolute Gasteiger partial charge is 0.255 e. The van der Waals surface area contributed by atoms with Gasteiger partial charge in [0.15, 0.2) is 11.5 Å². The van der Waals surface area contributed by atoms with Crippen LogP contribution in [0.3, 0.4) is 0 Å². The Morgan fingerprint density at radius 3 is 2.18 bits per heavy atom. The topological polar surface area (TPSA) is 80.3 Å². The molecule has 1 N–H and O–H groups in total. The van der Waals surface area contributed by atoms with Gasteiger partial charge in [0.1, 0.15) is 5.82 Å². The first kappa shape index (κ1) is 24.6. The number of nitrogens with one attached hydrogen (secondary N) is 1. The number of rotatable bonds is 8. The summed E-state index contributed by atoms with van der Waals surface area (Å²) in [4.78, 5) is 28.9. The summed E-state index contributed by atoms with van der Waals surface area (Å²) in [6.07, 6.45) is 0.286. The fourth-order valence-corrected chi connectivity index (χ4v) is 3.89. The average Bonchev–Trinajstić information content (AvgIpc) is 2.82. The van der Waals surface area contributed by atoms with E-state index >= 15 is 0 Å². The van der Waals surface area contributed by atoms with E-state index in [1.165, 1.54) is 33.5 Å². The molecule has 1 heterocycles. The molecule has 0 unspecified atom stereocenters. The molecule has 3 rings (SSSR count). The summed E-state index contributed by atoms with van der Waals surface area (Å²) in [5, 5.41) is 2.95. The summed E-state index contributed by atoms with van der Waals surface area (Å²) in [6.45, 7) is 2.81. The van der Waals surface area contributed by atoms with Crippen molar-refractivity contribution in [2.75, 3.05) is 59.4 Å². The number of hydrogen-bond acceptors (Lipinski definition) is 6. The second-order valence-electron chi connectivity index (χ2n) is 7.47. The minimum atomic E-state index is -0.480. The van der Waals surface area contributed by atoms with Crippen molar-refractivity contribution in [1.82, 2.24) is 9.80 Å². The molecule has 0 bridgehead atoms. The van der Waals surface area contributed by atoms with E-state index in [2.05, 4.69) is 10.2 Å². The predicted molar refractivity (Wildman–Crippen MR) is 123 cm³/mol. The van der Waals surface area contributed by atoms with Gasteiger partial charge in [0.2, 0.25) is 11.7 Å². The highest BCUT2D eigenvalue weighted by Crippen LogP contribution is 2.39. The standard InChI is InChI=1S/C23H27ClFN3O5/c1-31-19-13-16(14-20(32-2)22(19)33-3)26-21(29)6-7-27-8-10-28(11-9-27)23(30)17-5-4-15(25)12-18(17)24/h4-5,12-14H,6-11H2,1-3H3,(H,26,29). The van der Waals surface area contributed by atoms with Gasteiger partial charge >= 0.3 is 0 Å². The molecular formula is C23H27ClFN3O5. The number of hydrogen-bond donors (Lipinski definition) is 1. The maximum absolute atomic E-state index is 13.2. The summed E-state index contributed by atoms with van der Waals surface area (Å²) in [7, 11) is 4.54. The number of amides is 2. The molecule has 0 radical (unpaired) electrons. The van der Waals surface area contributed by atoms with Gasteiger partial charge in [-0.3, -0.25) is 14.5 Å². The number of piperazine rings is 1. The quantitative estimate of drug-likeness (QED) is 0.626. The number of carbonyl (C=O) groups is 2. The fourth-order valence-electron chi connectivity index (χ4n) is 3.64. The summed E-state index contributed by atoms with van der Waals surface area (Å²) < 4.78 is 29.1. The summed E-state index contributed by atoms with van der Waals surface area (Å²) in [6, 6.07) is 7.11. The Labute approximate surface area is 197 Å². The zero-order valence-electron chi connectivity index (χ0n) is 18.8. The number of anilines is 1. The lowest BCUT2D eigenvalue weighted by Crippen LogP contribution is -2.49. The van der Waals surface area contributed by atoms with Crippen LogP contribution in [0.25, 0.3) is 0 Å². The number of halogens is 2. The van der Waals surface area contributed by atoms with Gasteiger partial charge in [-0.15, -0.1) is 0 Å². The molecule has 0 aliphatic carbocycles. The molecule has 0 spiro atoms. The molecule has 8 nitrogen and oxygen atoms in total. The minimum Gasteiger partial charge on any atom is -0.493 e. The zero-order valence-corrected chi connectivity index (χ0v) is 19.6. The molecule has 33 heavy (non-hydrogen) atoms. The largest absolute Gasteiger partial charge is 0.493 e. The summed E-state index contributed by atoms with van der Waals surface area (Å²) in [5.41, 5.74) is 0.831. The van der Waals surface area contributed by atoms with Crippen molar-refractivity contribution < 1.29 is 28.2 Å². The third-order valence-corrected chi connectivity index (χ3v) is 5.74. The monoisotopic (exact) mass is 479 g/mol. The number of benzene rings is 2. The van der Waals surface area contributed by atoms with Crippen molar-refractivity contribution in [1.29, 1.82) is 0 Å². The van der Waals surface area contributed by atoms with Crippen molar-refractivity contribution in [3.8, 4) is 17.2 Å². The van der Waals surface area contributed by atoms with Crippen LogP contribution < -0.4 is 19.5 Å². The van der Waals surface area contributed by atoms with Crippen molar-refractivity contribution in [2.45, 2.75) is 6.42 Å². The average molecular weight is 480 g/mol. The maximum Gasteiger partial charge on any atom is 0.255 e. The van der Waals surface area contributed by atoms with Gasteiger partial charge < -0.3 is 24.4 Å². The van der Waals surface area contributed by atoms with Crippen molar-refractivity contribution in [3.63, 3.8) is 0 Å². The lowest BCUT2D eigenvalue weighted by Gasteiger charge is -2.34. The highest BCUT2D eigenvalue weighted by atomic mass is 35.5. The molecule has 1 aliphatic heterocycles. The van der Waals surface area contributed by atoms with Gasteiger partial charge in [0.05, 0.1) is 31.9 Å². The highest BCUT2D eigenvalue weighted by molar-refractivity contribution is 6.33. The number of ether oxygens (including phenoxy) is 3. The van der Waals surface area contributed by atoms with E-state index in [0.29, 0.717) is 55.7 Å². The second kappa shape index (κ2) is 11.2. The van der Waals surface area contributed by atoms with Crippen LogP contribution in [0, 0.1) is 5.82 Å². The Kier molecular flexibility index (Phi) is 8.35. The third-order valence-electron chi connectivity index (χ3n) is 5.42. The first-order valence-electron chi connectivity index (χ1n) is 10.4. The Balaban J connectivity index is 1.50. The SMILES string of the molecule is COc1cc(NC(=O)CCN2CCN(C(=O)c3ccc(F)cc3Cl)CC2)cc(OC)c1OC. The van der Waals surface area contributed by atoms with Gasteiger partial charge in [0, 0.05) is 57.0 Å². The lowest BCUT2D eigenvalue weighted by molar-refractivity contribution is -0.116. The van der Waals surface area contributed by atoms with E-state index in [1.807, 2.05) is 0 Å². The second-order valence-corrected chi connectivity index (χ2v) is 7.88. The van der Waals surface area contributed by atoms with Crippen molar-refractivity contribution >= 4 is 29.1 Å². The van der Waals surface area contributed by atoms with Gasteiger partial charge in [-0.25, -0.2) is 4.39 Å². The highest BCUT2D eigenvalue weighted by Gasteiger charge is 2.24. The molecule has 2 amide bonds. The Morgan fingerprint density at radius 1 is 1.00 bits per heavy atom. The van der Waals surface area contributed by atoms with Gasteiger partial charge in [-0.1, -0.05) is 11.6 Å². The first-order chi connectivity index (χ1) is 15.9. The van der Waals surface area contributed by atoms with E-state index in [1.54, 1.807) is 17.0 Å². The van der Waals surface area contributed by atoms with Crippen molar-refractivity contribution in [3.05, 3.63) is 46.7 Å². The molecule has 1 saturated heterocycles. The van der Waals surface area contributed by atoms with Crippen LogP contribution in [-0.4, -0.2) is 75.7 Å². The number of methoxy groups -OCH3 is 3. The van der Waals surface area contributed by atoms with Gasteiger partial charge in [-0.2, -0.15) is 0 Å². The number of carbonyl (C=O) groups excluding carboxylic acids is 2. The van der Waals surface area contributed by atoms with Crippen molar-refractivity contribution in [2.24, 2.45) is 0 Å². The Bertz CT molecular complexity index is 987. The van der Waals surface area contributed by atoms with Crippen LogP contribution in [0.2, 0.25) is 5.02 Å². The van der Waals surface area contributed by atoms with Gasteiger partial charge in [0.25, 0.3) is 5.91 Å². The molecule has 1 aliphatic rings. The van der Waals surface area contributed by atoms with Gasteiger partial charge in [-0.05, 0) is 18.2 Å². The molecule has 10 heteroatoms. The van der Waals surface area contributed by atoms with Crippen LogP contribution in [0.1, 0.15) is 16.8 Å². The van der Waals surface area contributed by atoms with E-state index < -0.39 is 5.82 Å². The van der Waals surface area contributed by atoms with Crippen LogP contribution in [0.15, 0.2) is 30.3 Å². The third kappa shape index (κ3) is 6.06. The Hall–Kier alpha value is -3.04. The van der Waals surface area contributed by atoms with E-state index in [-0.39, 0.29) is 28.8 Å². The molecule has 2 aromatic carbocycles. The number of nitrogens with zero attached hydrogens (tertiary/aromatic N) is 2.